The highest BCUT2D eigenvalue weighted by Gasteiger charge is 2.46. The van der Waals surface area contributed by atoms with E-state index in [1.165, 1.54) is 24.0 Å². The zero-order valence-electron chi connectivity index (χ0n) is 10.7. The van der Waals surface area contributed by atoms with Crippen molar-refractivity contribution in [1.29, 1.82) is 0 Å². The Morgan fingerprint density at radius 2 is 1.75 bits per heavy atom. The molecule has 0 aromatic heterocycles. The Bertz CT molecular complexity index is 364. The number of aryl methyl sites for hydroxylation is 1. The molecule has 16 heavy (non-hydrogen) atoms. The van der Waals surface area contributed by atoms with Gasteiger partial charge in [0.25, 0.3) is 0 Å². The van der Waals surface area contributed by atoms with Crippen LogP contribution in [0.25, 0.3) is 0 Å². The monoisotopic (exact) mass is 217 g/mol. The summed E-state index contributed by atoms with van der Waals surface area (Å²) in [6.07, 6.45) is 4.70. The van der Waals surface area contributed by atoms with E-state index >= 15 is 0 Å². The zero-order valence-corrected chi connectivity index (χ0v) is 10.7. The molecule has 1 fully saturated rings. The minimum atomic E-state index is -0.126. The molecule has 1 heteroatoms. The molecule has 0 amide bonds. The highest BCUT2D eigenvalue weighted by Crippen LogP contribution is 2.50. The number of rotatable bonds is 2. The van der Waals surface area contributed by atoms with Crippen LogP contribution in [0, 0.1) is 5.41 Å². The van der Waals surface area contributed by atoms with Gasteiger partial charge in [0.05, 0.1) is 0 Å². The van der Waals surface area contributed by atoms with Gasteiger partial charge in [0.15, 0.2) is 0 Å². The second-order valence-corrected chi connectivity index (χ2v) is 5.76. The fourth-order valence-corrected chi connectivity index (χ4v) is 2.94. The summed E-state index contributed by atoms with van der Waals surface area (Å²) in [5.41, 5.74) is 9.45. The van der Waals surface area contributed by atoms with Crippen LogP contribution in [0.4, 0.5) is 0 Å². The molecular weight excluding hydrogens is 194 g/mol. The van der Waals surface area contributed by atoms with Crippen molar-refractivity contribution in [3.05, 3.63) is 35.4 Å². The molecule has 0 heterocycles. The summed E-state index contributed by atoms with van der Waals surface area (Å²) in [4.78, 5) is 0. The maximum absolute atomic E-state index is 6.65. The Morgan fingerprint density at radius 1 is 1.12 bits per heavy atom. The molecule has 0 radical (unpaired) electrons. The van der Waals surface area contributed by atoms with Crippen molar-refractivity contribution < 1.29 is 0 Å². The van der Waals surface area contributed by atoms with Gasteiger partial charge in [0, 0.05) is 5.54 Å². The highest BCUT2D eigenvalue weighted by atomic mass is 14.8. The summed E-state index contributed by atoms with van der Waals surface area (Å²) in [6, 6.07) is 8.90. The predicted molar refractivity (Wildman–Crippen MR) is 69.3 cm³/mol. The third-order valence-electron chi connectivity index (χ3n) is 4.46. The Kier molecular flexibility index (Phi) is 2.83. The first-order valence-electron chi connectivity index (χ1n) is 6.38. The molecule has 1 aromatic carbocycles. The summed E-state index contributed by atoms with van der Waals surface area (Å²) in [5, 5.41) is 0. The van der Waals surface area contributed by atoms with Crippen molar-refractivity contribution in [2.24, 2.45) is 11.1 Å². The molecular formula is C15H23N. The van der Waals surface area contributed by atoms with Crippen LogP contribution in [0.15, 0.2) is 24.3 Å². The quantitative estimate of drug-likeness (QED) is 0.804. The molecule has 0 bridgehead atoms. The summed E-state index contributed by atoms with van der Waals surface area (Å²) in [5.74, 6) is 0. The summed E-state index contributed by atoms with van der Waals surface area (Å²) in [6.45, 7) is 6.79. The number of nitrogens with two attached hydrogens (primary N) is 1. The molecule has 1 aliphatic carbocycles. The van der Waals surface area contributed by atoms with E-state index in [9.17, 15) is 0 Å². The molecule has 2 N–H and O–H groups in total. The minimum absolute atomic E-state index is 0.126. The van der Waals surface area contributed by atoms with Crippen molar-refractivity contribution in [3.8, 4) is 0 Å². The van der Waals surface area contributed by atoms with Gasteiger partial charge in [-0.2, -0.15) is 0 Å². The van der Waals surface area contributed by atoms with Crippen LogP contribution in [0.3, 0.4) is 0 Å². The van der Waals surface area contributed by atoms with Gasteiger partial charge in [0.1, 0.15) is 0 Å². The lowest BCUT2D eigenvalue weighted by atomic mass is 9.71. The SMILES string of the molecule is CCc1ccc(C2(N)CCCC2(C)C)cc1. The summed E-state index contributed by atoms with van der Waals surface area (Å²) >= 11 is 0. The van der Waals surface area contributed by atoms with E-state index in [4.69, 9.17) is 5.73 Å². The van der Waals surface area contributed by atoms with Gasteiger partial charge in [-0.05, 0) is 35.8 Å². The number of hydrogen-bond donors (Lipinski definition) is 1. The van der Waals surface area contributed by atoms with Gasteiger partial charge in [-0.3, -0.25) is 0 Å². The summed E-state index contributed by atoms with van der Waals surface area (Å²) < 4.78 is 0. The van der Waals surface area contributed by atoms with Crippen LogP contribution < -0.4 is 5.73 Å². The Labute approximate surface area is 99.0 Å². The second-order valence-electron chi connectivity index (χ2n) is 5.76. The average Bonchev–Trinajstić information content (AvgIpc) is 2.55. The lowest BCUT2D eigenvalue weighted by Gasteiger charge is -2.38. The average molecular weight is 217 g/mol. The predicted octanol–water partition coefficient (Wildman–Crippen LogP) is 3.61. The maximum atomic E-state index is 6.65. The summed E-state index contributed by atoms with van der Waals surface area (Å²) in [7, 11) is 0. The van der Waals surface area contributed by atoms with Crippen LogP contribution in [0.2, 0.25) is 0 Å². The highest BCUT2D eigenvalue weighted by molar-refractivity contribution is 5.31. The van der Waals surface area contributed by atoms with Crippen molar-refractivity contribution >= 4 is 0 Å². The van der Waals surface area contributed by atoms with Crippen LogP contribution in [0.5, 0.6) is 0 Å². The van der Waals surface area contributed by atoms with E-state index in [1.54, 1.807) is 0 Å². The van der Waals surface area contributed by atoms with Crippen LogP contribution in [-0.2, 0) is 12.0 Å². The van der Waals surface area contributed by atoms with Gasteiger partial charge < -0.3 is 5.73 Å². The van der Waals surface area contributed by atoms with Crippen molar-refractivity contribution in [3.63, 3.8) is 0 Å². The van der Waals surface area contributed by atoms with Crippen LogP contribution >= 0.6 is 0 Å². The van der Waals surface area contributed by atoms with E-state index in [1.807, 2.05) is 0 Å². The fourth-order valence-electron chi connectivity index (χ4n) is 2.94. The number of benzene rings is 1. The van der Waals surface area contributed by atoms with Gasteiger partial charge in [-0.25, -0.2) is 0 Å². The van der Waals surface area contributed by atoms with E-state index in [2.05, 4.69) is 45.0 Å². The van der Waals surface area contributed by atoms with Crippen molar-refractivity contribution in [2.75, 3.05) is 0 Å². The second kappa shape index (κ2) is 3.89. The van der Waals surface area contributed by atoms with Gasteiger partial charge in [-0.1, -0.05) is 51.5 Å². The van der Waals surface area contributed by atoms with Crippen LogP contribution in [0.1, 0.15) is 51.2 Å². The van der Waals surface area contributed by atoms with Crippen molar-refractivity contribution in [1.82, 2.24) is 0 Å². The molecule has 0 aliphatic heterocycles. The third kappa shape index (κ3) is 1.67. The molecule has 1 saturated carbocycles. The Morgan fingerprint density at radius 3 is 2.19 bits per heavy atom. The molecule has 0 spiro atoms. The molecule has 88 valence electrons. The Hall–Kier alpha value is -0.820. The van der Waals surface area contributed by atoms with Gasteiger partial charge in [-0.15, -0.1) is 0 Å². The first-order valence-corrected chi connectivity index (χ1v) is 6.38. The van der Waals surface area contributed by atoms with E-state index in [0.717, 1.165) is 12.8 Å². The van der Waals surface area contributed by atoms with Crippen LogP contribution in [-0.4, -0.2) is 0 Å². The lowest BCUT2D eigenvalue weighted by Crippen LogP contribution is -2.45. The third-order valence-corrected chi connectivity index (χ3v) is 4.46. The van der Waals surface area contributed by atoms with Crippen molar-refractivity contribution in [2.45, 2.75) is 52.0 Å². The topological polar surface area (TPSA) is 26.0 Å². The van der Waals surface area contributed by atoms with E-state index in [0.29, 0.717) is 0 Å². The Balaban J connectivity index is 2.35. The molecule has 1 nitrogen and oxygen atoms in total. The molecule has 2 rings (SSSR count). The van der Waals surface area contributed by atoms with E-state index < -0.39 is 0 Å². The molecule has 1 unspecified atom stereocenters. The molecule has 1 aromatic rings. The standard InChI is InChI=1S/C15H23N/c1-4-12-6-8-13(9-7-12)15(16)11-5-10-14(15,2)3/h6-9H,4-5,10-11,16H2,1-3H3. The largest absolute Gasteiger partial charge is 0.321 e. The van der Waals surface area contributed by atoms with Gasteiger partial charge in [0.2, 0.25) is 0 Å². The first kappa shape index (κ1) is 11.7. The molecule has 0 saturated heterocycles. The normalized spacial score (nSPS) is 28.2. The fraction of sp³-hybridized carbons (Fsp3) is 0.600. The van der Waals surface area contributed by atoms with Gasteiger partial charge >= 0.3 is 0 Å². The van der Waals surface area contributed by atoms with E-state index in [-0.39, 0.29) is 11.0 Å². The minimum Gasteiger partial charge on any atom is -0.321 e. The number of hydrogen-bond acceptors (Lipinski definition) is 1. The lowest BCUT2D eigenvalue weighted by molar-refractivity contribution is 0.210. The molecule has 1 aliphatic rings. The smallest absolute Gasteiger partial charge is 0.0461 e. The first-order chi connectivity index (χ1) is 7.49. The zero-order chi connectivity index (χ0) is 11.8. The molecule has 1 atom stereocenters. The maximum Gasteiger partial charge on any atom is 0.0461 e.